The molecule has 0 radical (unpaired) electrons. The van der Waals surface area contributed by atoms with E-state index in [0.29, 0.717) is 0 Å². The number of nitrogens with zero attached hydrogens (tertiary/aromatic N) is 3. The van der Waals surface area contributed by atoms with Crippen LogP contribution in [-0.2, 0) is 9.59 Å². The van der Waals surface area contributed by atoms with Crippen molar-refractivity contribution in [2.75, 3.05) is 0 Å². The van der Waals surface area contributed by atoms with Crippen molar-refractivity contribution in [3.8, 4) is 11.5 Å². The summed E-state index contributed by atoms with van der Waals surface area (Å²) in [4.78, 5) is 24.3. The predicted octanol–water partition coefficient (Wildman–Crippen LogP) is 2.48. The molecule has 1 rings (SSSR count). The van der Waals surface area contributed by atoms with E-state index in [0.717, 1.165) is 0 Å². The number of benzene rings is 1. The maximum absolute atomic E-state index is 10.9. The molecule has 0 amide bonds. The van der Waals surface area contributed by atoms with Crippen molar-refractivity contribution in [1.82, 2.24) is 0 Å². The number of azide groups is 1. The maximum atomic E-state index is 10.9. The van der Waals surface area contributed by atoms with Crippen LogP contribution in [0.15, 0.2) is 23.3 Å². The highest BCUT2D eigenvalue weighted by molar-refractivity contribution is 5.74. The van der Waals surface area contributed by atoms with Crippen LogP contribution in [0.1, 0.15) is 13.8 Å². The van der Waals surface area contributed by atoms with Crippen LogP contribution in [0.5, 0.6) is 11.5 Å². The zero-order valence-electron chi connectivity index (χ0n) is 9.21. The van der Waals surface area contributed by atoms with Gasteiger partial charge in [-0.05, 0) is 23.7 Å². The Labute approximate surface area is 96.6 Å². The smallest absolute Gasteiger partial charge is 0.308 e. The molecular weight excluding hydrogens is 226 g/mol. The lowest BCUT2D eigenvalue weighted by atomic mass is 10.3. The lowest BCUT2D eigenvalue weighted by molar-refractivity contribution is -0.134. The first-order chi connectivity index (χ1) is 8.02. The Morgan fingerprint density at radius 1 is 1.18 bits per heavy atom. The van der Waals surface area contributed by atoms with E-state index in [2.05, 4.69) is 10.0 Å². The first kappa shape index (κ1) is 12.5. The van der Waals surface area contributed by atoms with E-state index in [-0.39, 0.29) is 17.2 Å². The van der Waals surface area contributed by atoms with Crippen molar-refractivity contribution < 1.29 is 19.1 Å². The molecule has 7 heteroatoms. The van der Waals surface area contributed by atoms with Gasteiger partial charge in [0.1, 0.15) is 0 Å². The van der Waals surface area contributed by atoms with Gasteiger partial charge in [-0.3, -0.25) is 9.59 Å². The zero-order chi connectivity index (χ0) is 12.8. The van der Waals surface area contributed by atoms with Gasteiger partial charge >= 0.3 is 11.9 Å². The van der Waals surface area contributed by atoms with Gasteiger partial charge in [-0.15, -0.1) is 0 Å². The largest absolute Gasteiger partial charge is 0.423 e. The van der Waals surface area contributed by atoms with Gasteiger partial charge in [-0.2, -0.15) is 0 Å². The molecule has 0 aliphatic rings. The minimum absolute atomic E-state index is 0.0256. The molecule has 0 N–H and O–H groups in total. The number of carbonyl (C=O) groups excluding carboxylic acids is 2. The third kappa shape index (κ3) is 3.84. The summed E-state index contributed by atoms with van der Waals surface area (Å²) in [5.74, 6) is -1.01. The van der Waals surface area contributed by atoms with Crippen LogP contribution < -0.4 is 9.47 Å². The molecule has 0 fully saturated rings. The number of rotatable bonds is 3. The average molecular weight is 235 g/mol. The fourth-order valence-corrected chi connectivity index (χ4v) is 1.08. The number of ether oxygens (including phenoxy) is 2. The van der Waals surface area contributed by atoms with Crippen LogP contribution in [0.4, 0.5) is 5.69 Å². The fourth-order valence-electron chi connectivity index (χ4n) is 1.08. The zero-order valence-corrected chi connectivity index (χ0v) is 9.21. The molecule has 88 valence electrons. The molecule has 0 spiro atoms. The lowest BCUT2D eigenvalue weighted by Crippen LogP contribution is -2.06. The SMILES string of the molecule is CC(=O)Oc1ccc(N=[N+]=[N-])cc1OC(C)=O. The molecule has 0 aliphatic carbocycles. The second kappa shape index (κ2) is 5.53. The summed E-state index contributed by atoms with van der Waals surface area (Å²) in [5, 5.41) is 3.34. The van der Waals surface area contributed by atoms with E-state index in [1.165, 1.54) is 32.0 Å². The van der Waals surface area contributed by atoms with Crippen LogP contribution >= 0.6 is 0 Å². The van der Waals surface area contributed by atoms with Gasteiger partial charge in [-0.1, -0.05) is 5.11 Å². The minimum atomic E-state index is -0.573. The van der Waals surface area contributed by atoms with Gasteiger partial charge in [-0.25, -0.2) is 0 Å². The third-order valence-corrected chi connectivity index (χ3v) is 1.59. The molecule has 1 aromatic rings. The molecule has 0 saturated heterocycles. The predicted molar refractivity (Wildman–Crippen MR) is 57.9 cm³/mol. The second-order valence-corrected chi connectivity index (χ2v) is 3.01. The van der Waals surface area contributed by atoms with Crippen molar-refractivity contribution in [3.63, 3.8) is 0 Å². The highest BCUT2D eigenvalue weighted by Crippen LogP contribution is 2.32. The van der Waals surface area contributed by atoms with Gasteiger partial charge in [0.15, 0.2) is 11.5 Å². The van der Waals surface area contributed by atoms with Crippen molar-refractivity contribution in [3.05, 3.63) is 28.6 Å². The highest BCUT2D eigenvalue weighted by Gasteiger charge is 2.10. The Balaban J connectivity index is 3.15. The van der Waals surface area contributed by atoms with Crippen molar-refractivity contribution in [2.45, 2.75) is 13.8 Å². The number of hydrogen-bond donors (Lipinski definition) is 0. The third-order valence-electron chi connectivity index (χ3n) is 1.59. The molecule has 0 heterocycles. The van der Waals surface area contributed by atoms with Gasteiger partial charge in [0.25, 0.3) is 0 Å². The Morgan fingerprint density at radius 3 is 2.29 bits per heavy atom. The van der Waals surface area contributed by atoms with Gasteiger partial charge < -0.3 is 9.47 Å². The van der Waals surface area contributed by atoms with E-state index in [9.17, 15) is 9.59 Å². The first-order valence-corrected chi connectivity index (χ1v) is 4.59. The normalized spacial score (nSPS) is 9.06. The van der Waals surface area contributed by atoms with Crippen LogP contribution in [0, 0.1) is 0 Å². The van der Waals surface area contributed by atoms with E-state index in [1.807, 2.05) is 0 Å². The van der Waals surface area contributed by atoms with Crippen LogP contribution in [0.25, 0.3) is 10.4 Å². The van der Waals surface area contributed by atoms with Gasteiger partial charge in [0.2, 0.25) is 0 Å². The van der Waals surface area contributed by atoms with E-state index < -0.39 is 11.9 Å². The second-order valence-electron chi connectivity index (χ2n) is 3.01. The number of carbonyl (C=O) groups is 2. The van der Waals surface area contributed by atoms with Crippen molar-refractivity contribution in [2.24, 2.45) is 5.11 Å². The highest BCUT2D eigenvalue weighted by atomic mass is 16.6. The van der Waals surface area contributed by atoms with Crippen molar-refractivity contribution in [1.29, 1.82) is 0 Å². The molecule has 0 saturated carbocycles. The Kier molecular flexibility index (Phi) is 4.08. The molecule has 0 unspecified atom stereocenters. The Morgan fingerprint density at radius 2 is 1.76 bits per heavy atom. The fraction of sp³-hybridized carbons (Fsp3) is 0.200. The Bertz CT molecular complexity index is 506. The number of esters is 2. The summed E-state index contributed by atoms with van der Waals surface area (Å²) in [7, 11) is 0. The van der Waals surface area contributed by atoms with Gasteiger partial charge in [0, 0.05) is 24.4 Å². The molecule has 1 aromatic carbocycles. The summed E-state index contributed by atoms with van der Waals surface area (Å²) in [6.07, 6.45) is 0. The van der Waals surface area contributed by atoms with Crippen molar-refractivity contribution >= 4 is 17.6 Å². The van der Waals surface area contributed by atoms with Crippen LogP contribution in [0.2, 0.25) is 0 Å². The molecule has 0 aliphatic heterocycles. The summed E-state index contributed by atoms with van der Waals surface area (Å²) >= 11 is 0. The van der Waals surface area contributed by atoms with E-state index >= 15 is 0 Å². The summed E-state index contributed by atoms with van der Waals surface area (Å²) in [6.45, 7) is 2.43. The molecule has 7 nitrogen and oxygen atoms in total. The quantitative estimate of drug-likeness (QED) is 0.264. The molecular formula is C10H9N3O4. The minimum Gasteiger partial charge on any atom is -0.423 e. The lowest BCUT2D eigenvalue weighted by Gasteiger charge is -2.08. The molecule has 17 heavy (non-hydrogen) atoms. The van der Waals surface area contributed by atoms with Gasteiger partial charge in [0.05, 0.1) is 0 Å². The van der Waals surface area contributed by atoms with E-state index in [4.69, 9.17) is 15.0 Å². The topological polar surface area (TPSA) is 101 Å². The standard InChI is InChI=1S/C10H9N3O4/c1-6(14)16-9-4-3-8(12-13-11)5-10(9)17-7(2)15/h3-5H,1-2H3. The monoisotopic (exact) mass is 235 g/mol. The number of hydrogen-bond acceptors (Lipinski definition) is 5. The molecule has 0 atom stereocenters. The molecule has 0 aromatic heterocycles. The van der Waals surface area contributed by atoms with Crippen LogP contribution in [-0.4, -0.2) is 11.9 Å². The Hall–Kier alpha value is -2.53. The van der Waals surface area contributed by atoms with E-state index in [1.54, 1.807) is 0 Å². The average Bonchev–Trinajstić information content (AvgIpc) is 2.21. The van der Waals surface area contributed by atoms with Crippen LogP contribution in [0.3, 0.4) is 0 Å². The summed E-state index contributed by atoms with van der Waals surface area (Å²) in [6, 6.07) is 4.12. The first-order valence-electron chi connectivity index (χ1n) is 4.59. The summed E-state index contributed by atoms with van der Waals surface area (Å²) < 4.78 is 9.66. The maximum Gasteiger partial charge on any atom is 0.308 e. The summed E-state index contributed by atoms with van der Waals surface area (Å²) in [5.41, 5.74) is 8.52. The molecule has 0 bridgehead atoms.